The number of hydrogen-bond acceptors (Lipinski definition) is 4. The quantitative estimate of drug-likeness (QED) is 0.524. The molecule has 0 unspecified atom stereocenters. The Morgan fingerprint density at radius 3 is 2.85 bits per heavy atom. The lowest BCUT2D eigenvalue weighted by molar-refractivity contribution is -0.118. The molecule has 0 atom stereocenters. The zero-order valence-corrected chi connectivity index (χ0v) is 14.9. The first-order chi connectivity index (χ1) is 13.1. The maximum absolute atomic E-state index is 14.3. The Morgan fingerprint density at radius 1 is 1.19 bits per heavy atom. The molecule has 0 radical (unpaired) electrons. The van der Waals surface area contributed by atoms with Crippen molar-refractivity contribution in [2.24, 2.45) is 0 Å². The van der Waals surface area contributed by atoms with Crippen LogP contribution in [0.4, 0.5) is 10.1 Å². The van der Waals surface area contributed by atoms with E-state index in [-0.39, 0.29) is 18.3 Å². The summed E-state index contributed by atoms with van der Waals surface area (Å²) in [5, 5.41) is 4.59. The molecule has 0 aliphatic carbocycles. The smallest absolute Gasteiger partial charge is 0.262 e. The summed E-state index contributed by atoms with van der Waals surface area (Å²) in [4.78, 5) is 24.8. The molecule has 1 amide bonds. The Labute approximate surface area is 158 Å². The van der Waals surface area contributed by atoms with Crippen LogP contribution in [0.15, 0.2) is 60.0 Å². The van der Waals surface area contributed by atoms with E-state index in [1.54, 1.807) is 24.3 Å². The van der Waals surface area contributed by atoms with Crippen molar-refractivity contribution in [1.29, 1.82) is 0 Å². The van der Waals surface area contributed by atoms with E-state index in [0.29, 0.717) is 22.6 Å². The van der Waals surface area contributed by atoms with Crippen molar-refractivity contribution in [3.8, 4) is 16.2 Å². The van der Waals surface area contributed by atoms with Gasteiger partial charge in [-0.05, 0) is 53.4 Å². The van der Waals surface area contributed by atoms with Crippen LogP contribution in [0.3, 0.4) is 0 Å². The number of halogens is 1. The number of anilines is 1. The number of fused-ring (bicyclic) bond motifs is 1. The van der Waals surface area contributed by atoms with Crippen LogP contribution >= 0.6 is 11.3 Å². The topological polar surface area (TPSA) is 55.4 Å². The first-order valence-corrected chi connectivity index (χ1v) is 9.11. The first kappa shape index (κ1) is 17.2. The van der Waals surface area contributed by atoms with Crippen molar-refractivity contribution >= 4 is 34.8 Å². The van der Waals surface area contributed by atoms with E-state index in [4.69, 9.17) is 4.74 Å². The highest BCUT2D eigenvalue weighted by atomic mass is 32.1. The molecule has 0 saturated carbocycles. The summed E-state index contributed by atoms with van der Waals surface area (Å²) in [7, 11) is 0. The molecule has 27 heavy (non-hydrogen) atoms. The molecule has 4 nitrogen and oxygen atoms in total. The molecule has 134 valence electrons. The number of carbonyl (C=O) groups is 2. The molecular formula is C21H14FNO3S. The number of allylic oxidation sites excluding steroid dienone is 1. The van der Waals surface area contributed by atoms with Gasteiger partial charge in [0.25, 0.3) is 5.91 Å². The molecule has 3 aromatic rings. The van der Waals surface area contributed by atoms with E-state index in [0.717, 1.165) is 10.4 Å². The number of carbonyl (C=O) groups excluding carboxylic acids is 2. The largest absolute Gasteiger partial charge is 0.482 e. The summed E-state index contributed by atoms with van der Waals surface area (Å²) >= 11 is 1.54. The van der Waals surface area contributed by atoms with Gasteiger partial charge in [0.1, 0.15) is 11.6 Å². The average Bonchev–Trinajstić information content (AvgIpc) is 3.21. The van der Waals surface area contributed by atoms with Gasteiger partial charge in [0.2, 0.25) is 0 Å². The lowest BCUT2D eigenvalue weighted by atomic mass is 10.1. The van der Waals surface area contributed by atoms with Crippen molar-refractivity contribution in [3.05, 3.63) is 76.9 Å². The van der Waals surface area contributed by atoms with Crippen LogP contribution in [0.1, 0.15) is 15.9 Å². The van der Waals surface area contributed by atoms with Crippen LogP contribution in [0, 0.1) is 5.82 Å². The third kappa shape index (κ3) is 3.66. The summed E-state index contributed by atoms with van der Waals surface area (Å²) in [5.74, 6) is -0.434. The Morgan fingerprint density at radius 2 is 2.07 bits per heavy atom. The molecule has 0 fully saturated rings. The Bertz CT molecular complexity index is 1060. The second-order valence-electron chi connectivity index (χ2n) is 5.96. The van der Waals surface area contributed by atoms with Crippen molar-refractivity contribution in [2.75, 3.05) is 11.9 Å². The fraction of sp³-hybridized carbons (Fsp3) is 0.0476. The summed E-state index contributed by atoms with van der Waals surface area (Å²) < 4.78 is 19.6. The highest BCUT2D eigenvalue weighted by molar-refractivity contribution is 7.13. The van der Waals surface area contributed by atoms with Crippen molar-refractivity contribution in [1.82, 2.24) is 0 Å². The molecule has 1 N–H and O–H groups in total. The van der Waals surface area contributed by atoms with Crippen LogP contribution < -0.4 is 10.1 Å². The van der Waals surface area contributed by atoms with Gasteiger partial charge in [-0.15, -0.1) is 11.3 Å². The molecule has 2 heterocycles. The number of amides is 1. The maximum atomic E-state index is 14.3. The molecule has 0 bridgehead atoms. The third-order valence-electron chi connectivity index (χ3n) is 4.12. The summed E-state index contributed by atoms with van der Waals surface area (Å²) in [6, 6.07) is 13.6. The van der Waals surface area contributed by atoms with Crippen LogP contribution in [0.2, 0.25) is 0 Å². The number of benzene rings is 2. The van der Waals surface area contributed by atoms with Gasteiger partial charge >= 0.3 is 0 Å². The van der Waals surface area contributed by atoms with E-state index >= 15 is 0 Å². The van der Waals surface area contributed by atoms with Crippen LogP contribution in [-0.2, 0) is 4.79 Å². The predicted octanol–water partition coefficient (Wildman–Crippen LogP) is 4.78. The van der Waals surface area contributed by atoms with E-state index in [1.807, 2.05) is 23.6 Å². The van der Waals surface area contributed by atoms with Crippen molar-refractivity contribution < 1.29 is 18.7 Å². The molecule has 4 rings (SSSR count). The molecular weight excluding hydrogens is 365 g/mol. The Balaban J connectivity index is 1.54. The van der Waals surface area contributed by atoms with Gasteiger partial charge in [-0.25, -0.2) is 4.39 Å². The number of nitrogens with one attached hydrogen (secondary N) is 1. The van der Waals surface area contributed by atoms with E-state index < -0.39 is 5.82 Å². The minimum Gasteiger partial charge on any atom is -0.482 e. The molecule has 1 aliphatic heterocycles. The molecule has 0 spiro atoms. The highest BCUT2D eigenvalue weighted by Gasteiger charge is 2.17. The van der Waals surface area contributed by atoms with Gasteiger partial charge in [-0.1, -0.05) is 18.2 Å². The standard InChI is InChI=1S/C21H14FNO3S/c22-16-10-15(20-2-1-9-27-20)4-3-13(16)5-7-18(24)14-6-8-19-17(11-14)23-21(25)12-26-19/h1-11H,12H2,(H,23,25). The summed E-state index contributed by atoms with van der Waals surface area (Å²) in [6.45, 7) is -0.0407. The van der Waals surface area contributed by atoms with Gasteiger partial charge in [0.05, 0.1) is 5.69 Å². The Hall–Kier alpha value is -3.25. The van der Waals surface area contributed by atoms with Crippen LogP contribution in [0.25, 0.3) is 16.5 Å². The fourth-order valence-electron chi connectivity index (χ4n) is 2.76. The van der Waals surface area contributed by atoms with Crippen LogP contribution in [-0.4, -0.2) is 18.3 Å². The minimum absolute atomic E-state index is 0.0407. The summed E-state index contributed by atoms with van der Waals surface area (Å²) in [6.07, 6.45) is 2.76. The second-order valence-corrected chi connectivity index (χ2v) is 6.91. The molecule has 0 saturated heterocycles. The number of ether oxygens (including phenoxy) is 1. The number of thiophene rings is 1. The van der Waals surface area contributed by atoms with Crippen molar-refractivity contribution in [3.63, 3.8) is 0 Å². The van der Waals surface area contributed by atoms with Gasteiger partial charge in [-0.2, -0.15) is 0 Å². The number of rotatable bonds is 4. The van der Waals surface area contributed by atoms with Gasteiger partial charge in [0, 0.05) is 16.0 Å². The monoisotopic (exact) mass is 379 g/mol. The second kappa shape index (κ2) is 7.17. The lowest BCUT2D eigenvalue weighted by Crippen LogP contribution is -2.25. The zero-order valence-electron chi connectivity index (χ0n) is 14.1. The van der Waals surface area contributed by atoms with Crippen LogP contribution in [0.5, 0.6) is 5.75 Å². The molecule has 6 heteroatoms. The van der Waals surface area contributed by atoms with Gasteiger partial charge in [0.15, 0.2) is 12.4 Å². The Kier molecular flexibility index (Phi) is 4.56. The summed E-state index contributed by atoms with van der Waals surface area (Å²) in [5.41, 5.74) is 1.97. The van der Waals surface area contributed by atoms with E-state index in [2.05, 4.69) is 5.32 Å². The number of hydrogen-bond donors (Lipinski definition) is 1. The maximum Gasteiger partial charge on any atom is 0.262 e. The van der Waals surface area contributed by atoms with Crippen molar-refractivity contribution in [2.45, 2.75) is 0 Å². The normalized spacial score (nSPS) is 13.1. The van der Waals surface area contributed by atoms with E-state index in [1.165, 1.54) is 29.6 Å². The molecule has 1 aromatic heterocycles. The fourth-order valence-corrected chi connectivity index (χ4v) is 3.48. The average molecular weight is 379 g/mol. The molecule has 1 aliphatic rings. The highest BCUT2D eigenvalue weighted by Crippen LogP contribution is 2.29. The van der Waals surface area contributed by atoms with Gasteiger partial charge in [-0.3, -0.25) is 9.59 Å². The number of ketones is 1. The third-order valence-corrected chi connectivity index (χ3v) is 5.04. The first-order valence-electron chi connectivity index (χ1n) is 8.23. The zero-order chi connectivity index (χ0) is 18.8. The van der Waals surface area contributed by atoms with E-state index in [9.17, 15) is 14.0 Å². The molecule has 2 aromatic carbocycles. The predicted molar refractivity (Wildman–Crippen MR) is 104 cm³/mol. The minimum atomic E-state index is -0.393. The van der Waals surface area contributed by atoms with Gasteiger partial charge < -0.3 is 10.1 Å². The SMILES string of the molecule is O=C1COc2ccc(C(=O)C=Cc3ccc(-c4cccs4)cc3F)cc2N1. The lowest BCUT2D eigenvalue weighted by Gasteiger charge is -2.17.